The number of anilines is 1. The van der Waals surface area contributed by atoms with Gasteiger partial charge in [0.05, 0.1) is 5.75 Å². The Balaban J connectivity index is 1.97. The van der Waals surface area contributed by atoms with Crippen molar-refractivity contribution in [3.63, 3.8) is 0 Å². The Morgan fingerprint density at radius 2 is 1.81 bits per heavy atom. The lowest BCUT2D eigenvalue weighted by Crippen LogP contribution is -2.29. The van der Waals surface area contributed by atoms with Crippen LogP contribution >= 0.6 is 0 Å². The first kappa shape index (κ1) is 15.5. The number of hydrogen-bond donors (Lipinski definition) is 2. The highest BCUT2D eigenvalue weighted by molar-refractivity contribution is 7.89. The summed E-state index contributed by atoms with van der Waals surface area (Å²) in [6, 6.07) is 16.5. The van der Waals surface area contributed by atoms with Crippen LogP contribution in [0.5, 0.6) is 0 Å². The molecule has 5 heteroatoms. The monoisotopic (exact) mass is 304 g/mol. The van der Waals surface area contributed by atoms with Gasteiger partial charge in [-0.2, -0.15) is 0 Å². The van der Waals surface area contributed by atoms with Crippen LogP contribution in [-0.4, -0.2) is 14.2 Å². The van der Waals surface area contributed by atoms with E-state index in [1.54, 1.807) is 12.1 Å². The van der Waals surface area contributed by atoms with E-state index in [0.29, 0.717) is 12.1 Å². The van der Waals surface area contributed by atoms with Gasteiger partial charge in [0, 0.05) is 11.7 Å². The maximum absolute atomic E-state index is 12.1. The van der Waals surface area contributed by atoms with Crippen molar-refractivity contribution in [1.29, 1.82) is 0 Å². The molecule has 0 bridgehead atoms. The molecule has 1 atom stereocenters. The Kier molecular flexibility index (Phi) is 4.98. The Hall–Kier alpha value is -1.85. The number of sulfonamides is 1. The van der Waals surface area contributed by atoms with Gasteiger partial charge in [0.25, 0.3) is 0 Å². The van der Waals surface area contributed by atoms with Crippen LogP contribution in [0.1, 0.15) is 24.1 Å². The van der Waals surface area contributed by atoms with E-state index in [9.17, 15) is 8.42 Å². The van der Waals surface area contributed by atoms with E-state index in [4.69, 9.17) is 5.73 Å². The highest BCUT2D eigenvalue weighted by Crippen LogP contribution is 2.16. The molecule has 0 fully saturated rings. The fraction of sp³-hybridized carbons (Fsp3) is 0.250. The number of nitrogen functional groups attached to an aromatic ring is 1. The van der Waals surface area contributed by atoms with Gasteiger partial charge in [-0.1, -0.05) is 42.5 Å². The third-order valence-corrected chi connectivity index (χ3v) is 4.72. The van der Waals surface area contributed by atoms with Crippen LogP contribution in [0.3, 0.4) is 0 Å². The molecule has 0 aliphatic heterocycles. The summed E-state index contributed by atoms with van der Waals surface area (Å²) in [6.45, 7) is 1.81. The number of benzene rings is 2. The molecule has 0 spiro atoms. The van der Waals surface area contributed by atoms with Gasteiger partial charge >= 0.3 is 0 Å². The smallest absolute Gasteiger partial charge is 0.212 e. The van der Waals surface area contributed by atoms with Gasteiger partial charge in [-0.05, 0) is 36.6 Å². The van der Waals surface area contributed by atoms with Crippen molar-refractivity contribution in [3.05, 3.63) is 65.7 Å². The summed E-state index contributed by atoms with van der Waals surface area (Å²) < 4.78 is 26.9. The van der Waals surface area contributed by atoms with E-state index in [1.165, 1.54) is 0 Å². The fourth-order valence-electron chi connectivity index (χ4n) is 2.12. The van der Waals surface area contributed by atoms with Gasteiger partial charge in [0.1, 0.15) is 0 Å². The van der Waals surface area contributed by atoms with E-state index >= 15 is 0 Å². The average Bonchev–Trinajstić information content (AvgIpc) is 2.46. The van der Waals surface area contributed by atoms with Crippen molar-refractivity contribution in [1.82, 2.24) is 4.72 Å². The molecule has 21 heavy (non-hydrogen) atoms. The van der Waals surface area contributed by atoms with Crippen molar-refractivity contribution >= 4 is 15.7 Å². The van der Waals surface area contributed by atoms with Crippen LogP contribution < -0.4 is 10.5 Å². The van der Waals surface area contributed by atoms with Crippen molar-refractivity contribution < 1.29 is 8.42 Å². The number of aryl methyl sites for hydroxylation is 1. The third-order valence-electron chi connectivity index (χ3n) is 3.27. The van der Waals surface area contributed by atoms with Crippen molar-refractivity contribution in [3.8, 4) is 0 Å². The second-order valence-electron chi connectivity index (χ2n) is 5.06. The Morgan fingerprint density at radius 3 is 2.48 bits per heavy atom. The predicted octanol–water partition coefficient (Wildman–Crippen LogP) is 2.49. The quantitative estimate of drug-likeness (QED) is 0.805. The highest BCUT2D eigenvalue weighted by Gasteiger charge is 2.15. The molecule has 0 aliphatic carbocycles. The zero-order valence-electron chi connectivity index (χ0n) is 12.0. The van der Waals surface area contributed by atoms with Gasteiger partial charge in [0.15, 0.2) is 0 Å². The highest BCUT2D eigenvalue weighted by atomic mass is 32.2. The molecule has 3 N–H and O–H groups in total. The summed E-state index contributed by atoms with van der Waals surface area (Å²) in [5.41, 5.74) is 8.22. The Morgan fingerprint density at radius 1 is 1.10 bits per heavy atom. The minimum Gasteiger partial charge on any atom is -0.399 e. The molecule has 1 unspecified atom stereocenters. The molecular weight excluding hydrogens is 284 g/mol. The number of nitrogens with two attached hydrogens (primary N) is 1. The zero-order valence-corrected chi connectivity index (χ0v) is 12.8. The summed E-state index contributed by atoms with van der Waals surface area (Å²) in [5, 5.41) is 0. The van der Waals surface area contributed by atoms with Crippen molar-refractivity contribution in [2.75, 3.05) is 11.5 Å². The van der Waals surface area contributed by atoms with Crippen molar-refractivity contribution in [2.24, 2.45) is 0 Å². The van der Waals surface area contributed by atoms with E-state index in [1.807, 2.05) is 49.4 Å². The molecule has 2 aromatic rings. The number of nitrogens with one attached hydrogen (secondary N) is 1. The van der Waals surface area contributed by atoms with E-state index in [0.717, 1.165) is 11.1 Å². The van der Waals surface area contributed by atoms with Crippen LogP contribution in [-0.2, 0) is 16.4 Å². The lowest BCUT2D eigenvalue weighted by Gasteiger charge is -2.15. The van der Waals surface area contributed by atoms with Crippen LogP contribution in [0.2, 0.25) is 0 Å². The molecule has 0 saturated heterocycles. The Bertz CT molecular complexity index is 684. The topological polar surface area (TPSA) is 72.2 Å². The minimum absolute atomic E-state index is 0.0731. The van der Waals surface area contributed by atoms with Crippen LogP contribution in [0.25, 0.3) is 0 Å². The van der Waals surface area contributed by atoms with Gasteiger partial charge in [-0.25, -0.2) is 13.1 Å². The van der Waals surface area contributed by atoms with Crippen LogP contribution in [0.4, 0.5) is 5.69 Å². The molecule has 0 aliphatic rings. The first-order chi connectivity index (χ1) is 9.96. The van der Waals surface area contributed by atoms with Gasteiger partial charge in [-0.3, -0.25) is 0 Å². The molecule has 112 valence electrons. The Labute approximate surface area is 126 Å². The minimum atomic E-state index is -3.33. The summed E-state index contributed by atoms with van der Waals surface area (Å²) >= 11 is 0. The number of rotatable bonds is 6. The summed E-state index contributed by atoms with van der Waals surface area (Å²) in [7, 11) is -3.33. The van der Waals surface area contributed by atoms with Crippen molar-refractivity contribution in [2.45, 2.75) is 19.4 Å². The van der Waals surface area contributed by atoms with E-state index in [2.05, 4.69) is 4.72 Å². The molecule has 0 heterocycles. The molecule has 0 radical (unpaired) electrons. The molecule has 0 saturated carbocycles. The normalized spacial score (nSPS) is 13.0. The molecule has 4 nitrogen and oxygen atoms in total. The molecule has 2 aromatic carbocycles. The zero-order chi connectivity index (χ0) is 15.3. The third kappa shape index (κ3) is 4.88. The SMILES string of the molecule is CC(NS(=O)(=O)CCc1ccccc1)c1cccc(N)c1. The van der Waals surface area contributed by atoms with E-state index < -0.39 is 10.0 Å². The maximum atomic E-state index is 12.1. The second-order valence-corrected chi connectivity index (χ2v) is 6.94. The van der Waals surface area contributed by atoms with E-state index in [-0.39, 0.29) is 11.8 Å². The van der Waals surface area contributed by atoms with Gasteiger partial charge < -0.3 is 5.73 Å². The van der Waals surface area contributed by atoms with Gasteiger partial charge in [0.2, 0.25) is 10.0 Å². The second kappa shape index (κ2) is 6.74. The number of hydrogen-bond acceptors (Lipinski definition) is 3. The van der Waals surface area contributed by atoms with Crippen LogP contribution in [0, 0.1) is 0 Å². The fourth-order valence-corrected chi connectivity index (χ4v) is 3.42. The molecule has 0 aromatic heterocycles. The standard InChI is InChI=1S/C16H20N2O2S/c1-13(15-8-5-9-16(17)12-15)18-21(19,20)11-10-14-6-3-2-4-7-14/h2-9,12-13,18H,10-11,17H2,1H3. The summed E-state index contributed by atoms with van der Waals surface area (Å²) in [5.74, 6) is 0.0731. The lowest BCUT2D eigenvalue weighted by molar-refractivity contribution is 0.566. The van der Waals surface area contributed by atoms with Gasteiger partial charge in [-0.15, -0.1) is 0 Å². The molecular formula is C16H20N2O2S. The molecule has 0 amide bonds. The largest absolute Gasteiger partial charge is 0.399 e. The van der Waals surface area contributed by atoms with Crippen LogP contribution in [0.15, 0.2) is 54.6 Å². The maximum Gasteiger partial charge on any atom is 0.212 e. The molecule has 2 rings (SSSR count). The lowest BCUT2D eigenvalue weighted by atomic mass is 10.1. The first-order valence-electron chi connectivity index (χ1n) is 6.86. The summed E-state index contributed by atoms with van der Waals surface area (Å²) in [4.78, 5) is 0. The summed E-state index contributed by atoms with van der Waals surface area (Å²) in [6.07, 6.45) is 0.500. The first-order valence-corrected chi connectivity index (χ1v) is 8.51. The average molecular weight is 304 g/mol. The predicted molar refractivity (Wildman–Crippen MR) is 86.3 cm³/mol.